The summed E-state index contributed by atoms with van der Waals surface area (Å²) < 4.78 is 0. The molecule has 0 saturated carbocycles. The highest BCUT2D eigenvalue weighted by atomic mass is 35.5. The van der Waals surface area contributed by atoms with Gasteiger partial charge < -0.3 is 5.32 Å². The van der Waals surface area contributed by atoms with Gasteiger partial charge in [-0.3, -0.25) is 15.0 Å². The van der Waals surface area contributed by atoms with Crippen molar-refractivity contribution >= 4 is 17.6 Å². The minimum atomic E-state index is -0.768. The van der Waals surface area contributed by atoms with E-state index < -0.39 is 11.0 Å². The molecule has 2 amide bonds. The zero-order valence-electron chi connectivity index (χ0n) is 10.4. The van der Waals surface area contributed by atoms with Gasteiger partial charge in [0.15, 0.2) is 0 Å². The van der Waals surface area contributed by atoms with Gasteiger partial charge in [-0.05, 0) is 24.6 Å². The van der Waals surface area contributed by atoms with Gasteiger partial charge in [-0.15, -0.1) is 0 Å². The molecule has 0 saturated heterocycles. The molecule has 100 valence electrons. The van der Waals surface area contributed by atoms with Gasteiger partial charge in [-0.1, -0.05) is 23.7 Å². The fraction of sp³-hybridized carbons (Fsp3) is 0.250. The Balaban J connectivity index is 2.51. The normalized spacial score (nSPS) is 19.4. The molecule has 6 nitrogen and oxygen atoms in total. The summed E-state index contributed by atoms with van der Waals surface area (Å²) in [6.45, 7) is 1.56. The van der Waals surface area contributed by atoms with Crippen molar-refractivity contribution in [3.63, 3.8) is 0 Å². The van der Waals surface area contributed by atoms with Crippen LogP contribution in [0.5, 0.6) is 0 Å². The smallest absolute Gasteiger partial charge is 0.321 e. The first-order valence-electron chi connectivity index (χ1n) is 5.56. The molecule has 0 spiro atoms. The maximum absolute atomic E-state index is 11.8. The number of rotatable bonds is 2. The zero-order chi connectivity index (χ0) is 14.2. The first-order chi connectivity index (χ1) is 8.91. The summed E-state index contributed by atoms with van der Waals surface area (Å²) >= 11 is 5.79. The van der Waals surface area contributed by atoms with E-state index >= 15 is 0 Å². The summed E-state index contributed by atoms with van der Waals surface area (Å²) in [6, 6.07) is 5.45. The summed E-state index contributed by atoms with van der Waals surface area (Å²) in [5.41, 5.74) is 0.912. The topological polar surface area (TPSA) is 75.5 Å². The monoisotopic (exact) mass is 281 g/mol. The number of hydrogen-bond donors (Lipinski definition) is 1. The Morgan fingerprint density at radius 3 is 2.47 bits per heavy atom. The number of carbonyl (C=O) groups excluding carboxylic acids is 1. The van der Waals surface area contributed by atoms with Crippen LogP contribution in [0.1, 0.15) is 18.5 Å². The van der Waals surface area contributed by atoms with E-state index in [9.17, 15) is 14.9 Å². The molecule has 1 aromatic carbocycles. The maximum Gasteiger partial charge on any atom is 0.322 e. The molecule has 2 rings (SSSR count). The predicted octanol–water partition coefficient (Wildman–Crippen LogP) is 2.54. The number of benzene rings is 1. The average molecular weight is 282 g/mol. The lowest BCUT2D eigenvalue weighted by atomic mass is 10.0. The summed E-state index contributed by atoms with van der Waals surface area (Å²) in [4.78, 5) is 23.7. The van der Waals surface area contributed by atoms with Crippen LogP contribution >= 0.6 is 11.6 Å². The molecular weight excluding hydrogens is 270 g/mol. The SMILES string of the molecule is CC1=C([N+](=O)[O-])[C@H](c2ccc(Cl)cc2)NC(=O)N1C. The second-order valence-corrected chi connectivity index (χ2v) is 4.66. The van der Waals surface area contributed by atoms with Gasteiger partial charge in [0.1, 0.15) is 6.04 Å². The molecule has 0 fully saturated rings. The van der Waals surface area contributed by atoms with Gasteiger partial charge in [0, 0.05) is 12.1 Å². The average Bonchev–Trinajstić information content (AvgIpc) is 2.36. The standard InChI is InChI=1S/C12H12ClN3O3/c1-7-11(16(18)19)10(14-12(17)15(7)2)8-3-5-9(13)6-4-8/h3-6,10H,1-2H3,(H,14,17)/t10-/m0/s1. The van der Waals surface area contributed by atoms with E-state index in [4.69, 9.17) is 11.6 Å². The van der Waals surface area contributed by atoms with E-state index in [-0.39, 0.29) is 11.7 Å². The minimum Gasteiger partial charge on any atom is -0.321 e. The van der Waals surface area contributed by atoms with Gasteiger partial charge in [-0.2, -0.15) is 0 Å². The molecule has 1 heterocycles. The predicted molar refractivity (Wildman–Crippen MR) is 70.2 cm³/mol. The molecule has 19 heavy (non-hydrogen) atoms. The Labute approximate surface area is 114 Å². The van der Waals surface area contributed by atoms with Crippen LogP contribution in [0.2, 0.25) is 5.02 Å². The molecule has 1 aromatic rings. The van der Waals surface area contributed by atoms with E-state index in [1.165, 1.54) is 11.9 Å². The number of hydrogen-bond acceptors (Lipinski definition) is 3. The van der Waals surface area contributed by atoms with Crippen LogP contribution in [0, 0.1) is 10.1 Å². The van der Waals surface area contributed by atoms with Crippen LogP contribution in [-0.4, -0.2) is 22.9 Å². The molecule has 0 bridgehead atoms. The summed E-state index contributed by atoms with van der Waals surface area (Å²) in [5.74, 6) is 0. The Morgan fingerprint density at radius 1 is 1.37 bits per heavy atom. The lowest BCUT2D eigenvalue weighted by Gasteiger charge is -2.29. The summed E-state index contributed by atoms with van der Waals surface area (Å²) in [7, 11) is 1.49. The first-order valence-corrected chi connectivity index (χ1v) is 5.94. The van der Waals surface area contributed by atoms with Crippen LogP contribution in [0.3, 0.4) is 0 Å². The third-order valence-corrected chi connectivity index (χ3v) is 3.37. The van der Waals surface area contributed by atoms with Gasteiger partial charge >= 0.3 is 6.03 Å². The van der Waals surface area contributed by atoms with Crippen LogP contribution in [0.15, 0.2) is 35.7 Å². The van der Waals surface area contributed by atoms with Crippen molar-refractivity contribution in [2.24, 2.45) is 0 Å². The number of nitro groups is 1. The third kappa shape index (κ3) is 2.39. The molecule has 0 aromatic heterocycles. The number of allylic oxidation sites excluding steroid dienone is 1. The van der Waals surface area contributed by atoms with E-state index in [2.05, 4.69) is 5.32 Å². The molecule has 1 N–H and O–H groups in total. The van der Waals surface area contributed by atoms with Gasteiger partial charge in [0.05, 0.1) is 10.6 Å². The first kappa shape index (κ1) is 13.4. The van der Waals surface area contributed by atoms with E-state index in [0.717, 1.165) is 0 Å². The molecule has 0 unspecified atom stereocenters. The van der Waals surface area contributed by atoms with Crippen molar-refractivity contribution in [3.8, 4) is 0 Å². The number of urea groups is 1. The second-order valence-electron chi connectivity index (χ2n) is 4.22. The summed E-state index contributed by atoms with van der Waals surface area (Å²) in [6.07, 6.45) is 0. The van der Waals surface area contributed by atoms with E-state index in [1.807, 2.05) is 0 Å². The van der Waals surface area contributed by atoms with Crippen LogP contribution in [0.25, 0.3) is 0 Å². The van der Waals surface area contributed by atoms with Crippen molar-refractivity contribution in [1.29, 1.82) is 0 Å². The largest absolute Gasteiger partial charge is 0.322 e. The highest BCUT2D eigenvalue weighted by Gasteiger charge is 2.37. The van der Waals surface area contributed by atoms with E-state index in [1.54, 1.807) is 31.2 Å². The van der Waals surface area contributed by atoms with Crippen molar-refractivity contribution in [2.75, 3.05) is 7.05 Å². The zero-order valence-corrected chi connectivity index (χ0v) is 11.1. The number of amides is 2. The second kappa shape index (κ2) is 4.89. The van der Waals surface area contributed by atoms with Crippen LogP contribution in [0.4, 0.5) is 4.79 Å². The summed E-state index contributed by atoms with van der Waals surface area (Å²) in [5, 5.41) is 14.4. The molecule has 1 atom stereocenters. The Kier molecular flexibility index (Phi) is 3.44. The fourth-order valence-electron chi connectivity index (χ4n) is 1.96. The molecule has 7 heteroatoms. The number of halogens is 1. The third-order valence-electron chi connectivity index (χ3n) is 3.12. The highest BCUT2D eigenvalue weighted by molar-refractivity contribution is 6.30. The molecular formula is C12H12ClN3O3. The number of carbonyl (C=O) groups is 1. The van der Waals surface area contributed by atoms with Gasteiger partial charge in [0.2, 0.25) is 0 Å². The lowest BCUT2D eigenvalue weighted by molar-refractivity contribution is -0.433. The Hall–Kier alpha value is -2.08. The number of nitrogens with one attached hydrogen (secondary N) is 1. The minimum absolute atomic E-state index is 0.0376. The Morgan fingerprint density at radius 2 is 1.95 bits per heavy atom. The molecule has 1 aliphatic heterocycles. The van der Waals surface area contributed by atoms with Crippen molar-refractivity contribution in [3.05, 3.63) is 56.4 Å². The number of nitrogens with zero attached hydrogens (tertiary/aromatic N) is 2. The van der Waals surface area contributed by atoms with Crippen LogP contribution < -0.4 is 5.32 Å². The molecule has 1 aliphatic rings. The maximum atomic E-state index is 11.8. The van der Waals surface area contributed by atoms with Gasteiger partial charge in [0.25, 0.3) is 5.70 Å². The van der Waals surface area contributed by atoms with Gasteiger partial charge in [-0.25, -0.2) is 4.79 Å². The fourth-order valence-corrected chi connectivity index (χ4v) is 2.08. The lowest BCUT2D eigenvalue weighted by Crippen LogP contribution is -2.45. The highest BCUT2D eigenvalue weighted by Crippen LogP contribution is 2.30. The van der Waals surface area contributed by atoms with Crippen molar-refractivity contribution in [2.45, 2.75) is 13.0 Å². The van der Waals surface area contributed by atoms with Crippen LogP contribution in [-0.2, 0) is 0 Å². The van der Waals surface area contributed by atoms with E-state index in [0.29, 0.717) is 16.3 Å². The Bertz CT molecular complexity index is 568. The quantitative estimate of drug-likeness (QED) is 0.668. The molecule has 0 radical (unpaired) electrons. The van der Waals surface area contributed by atoms with Crippen molar-refractivity contribution in [1.82, 2.24) is 10.2 Å². The van der Waals surface area contributed by atoms with Crippen molar-refractivity contribution < 1.29 is 9.72 Å². The molecule has 0 aliphatic carbocycles.